The van der Waals surface area contributed by atoms with Gasteiger partial charge in [0.15, 0.2) is 5.65 Å². The van der Waals surface area contributed by atoms with Crippen molar-refractivity contribution >= 4 is 16.9 Å². The van der Waals surface area contributed by atoms with Crippen molar-refractivity contribution in [3.8, 4) is 5.75 Å². The SMILES string of the molecule is CCC(NC(=O)c1cc(C(C)C)nc2c1cnn2C(C)C)c1ccc(OC)cc1. The number of ether oxygens (including phenoxy) is 1. The minimum Gasteiger partial charge on any atom is -0.497 e. The first-order chi connectivity index (χ1) is 13.8. The molecule has 0 saturated carbocycles. The van der Waals surface area contributed by atoms with Crippen LogP contribution in [0.1, 0.15) is 80.7 Å². The van der Waals surface area contributed by atoms with Gasteiger partial charge in [-0.25, -0.2) is 9.67 Å². The molecule has 0 saturated heterocycles. The Labute approximate surface area is 172 Å². The van der Waals surface area contributed by atoms with Crippen LogP contribution in [0.15, 0.2) is 36.5 Å². The maximum atomic E-state index is 13.3. The van der Waals surface area contributed by atoms with E-state index in [2.05, 4.69) is 45.0 Å². The number of hydrogen-bond acceptors (Lipinski definition) is 4. The van der Waals surface area contributed by atoms with Crippen molar-refractivity contribution in [2.75, 3.05) is 7.11 Å². The molecule has 6 heteroatoms. The second-order valence-corrected chi connectivity index (χ2v) is 7.88. The van der Waals surface area contributed by atoms with Gasteiger partial charge in [0, 0.05) is 11.7 Å². The van der Waals surface area contributed by atoms with Gasteiger partial charge in [-0.15, -0.1) is 0 Å². The van der Waals surface area contributed by atoms with Crippen LogP contribution in [0, 0.1) is 0 Å². The van der Waals surface area contributed by atoms with E-state index < -0.39 is 0 Å². The Morgan fingerprint density at radius 3 is 2.41 bits per heavy atom. The molecule has 0 bridgehead atoms. The topological polar surface area (TPSA) is 69.0 Å². The summed E-state index contributed by atoms with van der Waals surface area (Å²) in [6, 6.07) is 9.80. The van der Waals surface area contributed by atoms with E-state index in [4.69, 9.17) is 9.72 Å². The Balaban J connectivity index is 1.98. The molecule has 0 aliphatic rings. The molecule has 0 fully saturated rings. The van der Waals surface area contributed by atoms with Crippen molar-refractivity contribution in [3.63, 3.8) is 0 Å². The van der Waals surface area contributed by atoms with Crippen molar-refractivity contribution < 1.29 is 9.53 Å². The third-order valence-electron chi connectivity index (χ3n) is 5.14. The highest BCUT2D eigenvalue weighted by atomic mass is 16.5. The summed E-state index contributed by atoms with van der Waals surface area (Å²) in [7, 11) is 1.65. The molecule has 3 aromatic rings. The second-order valence-electron chi connectivity index (χ2n) is 7.88. The lowest BCUT2D eigenvalue weighted by atomic mass is 10.0. The molecule has 6 nitrogen and oxygen atoms in total. The number of carbonyl (C=O) groups is 1. The lowest BCUT2D eigenvalue weighted by Gasteiger charge is -2.19. The number of nitrogens with one attached hydrogen (secondary N) is 1. The highest BCUT2D eigenvalue weighted by molar-refractivity contribution is 6.05. The van der Waals surface area contributed by atoms with Crippen LogP contribution < -0.4 is 10.1 Å². The molecule has 1 aromatic carbocycles. The van der Waals surface area contributed by atoms with E-state index >= 15 is 0 Å². The average molecular weight is 395 g/mol. The minimum absolute atomic E-state index is 0.0840. The van der Waals surface area contributed by atoms with Crippen LogP contribution >= 0.6 is 0 Å². The van der Waals surface area contributed by atoms with Crippen LogP contribution in [-0.4, -0.2) is 27.8 Å². The Morgan fingerprint density at radius 1 is 1.17 bits per heavy atom. The van der Waals surface area contributed by atoms with Gasteiger partial charge < -0.3 is 10.1 Å². The van der Waals surface area contributed by atoms with Crippen LogP contribution in [0.4, 0.5) is 0 Å². The predicted octanol–water partition coefficient (Wildman–Crippen LogP) is 5.03. The zero-order valence-electron chi connectivity index (χ0n) is 18.1. The molecule has 1 unspecified atom stereocenters. The van der Waals surface area contributed by atoms with E-state index in [-0.39, 0.29) is 23.9 Å². The molecule has 1 amide bonds. The number of carbonyl (C=O) groups excluding carboxylic acids is 1. The lowest BCUT2D eigenvalue weighted by Crippen LogP contribution is -2.28. The molecule has 0 aliphatic heterocycles. The fraction of sp³-hybridized carbons (Fsp3) is 0.435. The molecule has 0 spiro atoms. The zero-order chi connectivity index (χ0) is 21.1. The molecule has 3 rings (SSSR count). The lowest BCUT2D eigenvalue weighted by molar-refractivity contribution is 0.0937. The molecule has 154 valence electrons. The molecule has 29 heavy (non-hydrogen) atoms. The first kappa shape index (κ1) is 20.8. The van der Waals surface area contributed by atoms with Crippen LogP contribution in [0.2, 0.25) is 0 Å². The fourth-order valence-corrected chi connectivity index (χ4v) is 3.39. The number of methoxy groups -OCH3 is 1. The van der Waals surface area contributed by atoms with Crippen molar-refractivity contribution in [3.05, 3.63) is 53.3 Å². The van der Waals surface area contributed by atoms with Gasteiger partial charge in [-0.2, -0.15) is 5.10 Å². The van der Waals surface area contributed by atoms with Gasteiger partial charge in [0.25, 0.3) is 5.91 Å². The maximum Gasteiger partial charge on any atom is 0.252 e. The van der Waals surface area contributed by atoms with Crippen molar-refractivity contribution in [2.24, 2.45) is 0 Å². The van der Waals surface area contributed by atoms with E-state index in [0.717, 1.165) is 34.5 Å². The second kappa shape index (κ2) is 8.64. The molecule has 1 atom stereocenters. The summed E-state index contributed by atoms with van der Waals surface area (Å²) >= 11 is 0. The summed E-state index contributed by atoms with van der Waals surface area (Å²) in [5, 5.41) is 8.45. The monoisotopic (exact) mass is 394 g/mol. The van der Waals surface area contributed by atoms with Gasteiger partial charge >= 0.3 is 0 Å². The first-order valence-electron chi connectivity index (χ1n) is 10.2. The predicted molar refractivity (Wildman–Crippen MR) is 115 cm³/mol. The van der Waals surface area contributed by atoms with Gasteiger partial charge in [-0.3, -0.25) is 4.79 Å². The number of pyridine rings is 1. The van der Waals surface area contributed by atoms with E-state index in [1.807, 2.05) is 35.0 Å². The number of amides is 1. The summed E-state index contributed by atoms with van der Waals surface area (Å²) in [6.45, 7) is 10.4. The molecular formula is C23H30N4O2. The fourth-order valence-electron chi connectivity index (χ4n) is 3.39. The van der Waals surface area contributed by atoms with Gasteiger partial charge in [-0.05, 0) is 49.9 Å². The molecule has 1 N–H and O–H groups in total. The highest BCUT2D eigenvalue weighted by Crippen LogP contribution is 2.26. The van der Waals surface area contributed by atoms with Crippen LogP contribution in [0.25, 0.3) is 11.0 Å². The molecular weight excluding hydrogens is 364 g/mol. The zero-order valence-corrected chi connectivity index (χ0v) is 18.1. The van der Waals surface area contributed by atoms with E-state index in [1.165, 1.54) is 0 Å². The van der Waals surface area contributed by atoms with E-state index in [1.54, 1.807) is 13.3 Å². The third-order valence-corrected chi connectivity index (χ3v) is 5.14. The van der Waals surface area contributed by atoms with E-state index in [9.17, 15) is 4.79 Å². The number of nitrogens with zero attached hydrogens (tertiary/aromatic N) is 3. The summed E-state index contributed by atoms with van der Waals surface area (Å²) in [4.78, 5) is 18.1. The Hall–Kier alpha value is -2.89. The molecule has 2 heterocycles. The van der Waals surface area contributed by atoms with Gasteiger partial charge in [0.1, 0.15) is 5.75 Å². The summed E-state index contributed by atoms with van der Waals surface area (Å²) in [5.41, 5.74) is 3.32. The van der Waals surface area contributed by atoms with Crippen molar-refractivity contribution in [2.45, 2.75) is 59.0 Å². The maximum absolute atomic E-state index is 13.3. The minimum atomic E-state index is -0.106. The average Bonchev–Trinajstić information content (AvgIpc) is 3.15. The third kappa shape index (κ3) is 4.26. The van der Waals surface area contributed by atoms with Crippen LogP contribution in [-0.2, 0) is 0 Å². The molecule has 2 aromatic heterocycles. The highest BCUT2D eigenvalue weighted by Gasteiger charge is 2.21. The normalized spacial score (nSPS) is 12.6. The van der Waals surface area contributed by atoms with Crippen molar-refractivity contribution in [1.82, 2.24) is 20.1 Å². The number of rotatable bonds is 7. The summed E-state index contributed by atoms with van der Waals surface area (Å²) in [6.07, 6.45) is 2.53. The Bertz CT molecular complexity index is 990. The van der Waals surface area contributed by atoms with Crippen LogP contribution in [0.3, 0.4) is 0 Å². The smallest absolute Gasteiger partial charge is 0.252 e. The quantitative estimate of drug-likeness (QED) is 0.610. The van der Waals surface area contributed by atoms with Crippen LogP contribution in [0.5, 0.6) is 5.75 Å². The number of benzene rings is 1. The Morgan fingerprint density at radius 2 is 1.86 bits per heavy atom. The number of fused-ring (bicyclic) bond motifs is 1. The van der Waals surface area contributed by atoms with Gasteiger partial charge in [-0.1, -0.05) is 32.9 Å². The number of hydrogen-bond donors (Lipinski definition) is 1. The summed E-state index contributed by atoms with van der Waals surface area (Å²) in [5.74, 6) is 0.906. The molecule has 0 aliphatic carbocycles. The first-order valence-corrected chi connectivity index (χ1v) is 10.2. The largest absolute Gasteiger partial charge is 0.497 e. The number of aromatic nitrogens is 3. The Kier molecular flexibility index (Phi) is 6.20. The van der Waals surface area contributed by atoms with Gasteiger partial charge in [0.2, 0.25) is 0 Å². The summed E-state index contributed by atoms with van der Waals surface area (Å²) < 4.78 is 7.11. The van der Waals surface area contributed by atoms with E-state index in [0.29, 0.717) is 5.56 Å². The standard InChI is InChI=1S/C23H30N4O2/c1-7-20(16-8-10-17(29-6)11-9-16)26-23(28)18-12-21(14(2)3)25-22-19(18)13-24-27(22)15(4)5/h8-15,20H,7H2,1-6H3,(H,26,28). The van der Waals surface area contributed by atoms with Gasteiger partial charge in [0.05, 0.1) is 30.3 Å². The molecule has 0 radical (unpaired) electrons. The van der Waals surface area contributed by atoms with Crippen molar-refractivity contribution in [1.29, 1.82) is 0 Å².